The smallest absolute Gasteiger partial charge is 0.0546 e. The third-order valence-corrected chi connectivity index (χ3v) is 12.0. The van der Waals surface area contributed by atoms with Gasteiger partial charge in [0.1, 0.15) is 0 Å². The van der Waals surface area contributed by atoms with Crippen molar-refractivity contribution in [3.05, 3.63) is 236 Å². The molecular weight excluding hydrogens is 735 g/mol. The van der Waals surface area contributed by atoms with Gasteiger partial charge in [-0.05, 0) is 89.7 Å². The molecule has 1 heteroatoms. The highest BCUT2D eigenvalue weighted by Gasteiger charge is 2.27. The first-order chi connectivity index (χ1) is 29.9. The largest absolute Gasteiger partial charge is 0.309 e. The number of anilines is 3. The predicted octanol–water partition coefficient (Wildman–Crippen LogP) is 17.1. The maximum Gasteiger partial charge on any atom is 0.0546 e. The Morgan fingerprint density at radius 1 is 0.295 bits per heavy atom. The number of hydrogen-bond acceptors (Lipinski definition) is 1. The van der Waals surface area contributed by atoms with Crippen LogP contribution in [0.5, 0.6) is 0 Å². The molecule has 0 heterocycles. The Morgan fingerprint density at radius 2 is 0.770 bits per heavy atom. The number of rotatable bonds is 8. The van der Waals surface area contributed by atoms with Crippen molar-refractivity contribution >= 4 is 38.6 Å². The molecule has 61 heavy (non-hydrogen) atoms. The molecule has 0 atom stereocenters. The van der Waals surface area contributed by atoms with Crippen molar-refractivity contribution in [2.45, 2.75) is 26.2 Å². The molecule has 10 rings (SSSR count). The molecular formula is C60H47N. The average molecular weight is 782 g/mol. The molecule has 0 radical (unpaired) electrons. The number of hydrogen-bond donors (Lipinski definition) is 0. The summed E-state index contributed by atoms with van der Waals surface area (Å²) in [7, 11) is 0. The fourth-order valence-corrected chi connectivity index (χ4v) is 8.98. The number of fused-ring (bicyclic) bond motifs is 2. The summed E-state index contributed by atoms with van der Waals surface area (Å²) in [6.07, 6.45) is 0. The maximum absolute atomic E-state index is 2.56. The highest BCUT2D eigenvalue weighted by Crippen LogP contribution is 2.51. The first-order valence-electron chi connectivity index (χ1n) is 21.3. The van der Waals surface area contributed by atoms with Gasteiger partial charge in [0.25, 0.3) is 0 Å². The summed E-state index contributed by atoms with van der Waals surface area (Å²) >= 11 is 0. The van der Waals surface area contributed by atoms with Crippen molar-refractivity contribution in [1.82, 2.24) is 0 Å². The highest BCUT2D eigenvalue weighted by atomic mass is 15.2. The van der Waals surface area contributed by atoms with E-state index in [4.69, 9.17) is 0 Å². The predicted molar refractivity (Wildman–Crippen MR) is 262 cm³/mol. The van der Waals surface area contributed by atoms with E-state index in [9.17, 15) is 0 Å². The van der Waals surface area contributed by atoms with Gasteiger partial charge in [-0.1, -0.05) is 233 Å². The minimum Gasteiger partial charge on any atom is -0.309 e. The second-order valence-corrected chi connectivity index (χ2v) is 16.9. The van der Waals surface area contributed by atoms with E-state index in [1.54, 1.807) is 0 Å². The van der Waals surface area contributed by atoms with Crippen LogP contribution in [0.4, 0.5) is 17.1 Å². The van der Waals surface area contributed by atoms with Gasteiger partial charge in [0.15, 0.2) is 0 Å². The Balaban J connectivity index is 1.34. The van der Waals surface area contributed by atoms with Gasteiger partial charge in [-0.25, -0.2) is 0 Å². The third-order valence-electron chi connectivity index (χ3n) is 12.0. The highest BCUT2D eigenvalue weighted by molar-refractivity contribution is 6.10. The standard InChI is InChI=1S/C60H47N/c1-60(2,3)48-37-39-52(44-22-9-5-10-23-44)58(41-48)61(56-35-16-15-31-54(56)55-34-19-29-46-28-18-33-53(59(46)55)45-24-11-6-12-25-45)57-40-47(36-38-51(57)43-20-7-4-8-21-43)50-32-17-27-42-26-13-14-30-49(42)50/h4-41H,1-3H3. The second-order valence-electron chi connectivity index (χ2n) is 16.9. The Hall–Kier alpha value is -7.48. The van der Waals surface area contributed by atoms with Crippen LogP contribution in [0.3, 0.4) is 0 Å². The summed E-state index contributed by atoms with van der Waals surface area (Å²) in [4.78, 5) is 2.56. The van der Waals surface area contributed by atoms with Crippen molar-refractivity contribution in [3.8, 4) is 55.6 Å². The molecule has 0 amide bonds. The second kappa shape index (κ2) is 15.9. The molecule has 10 aromatic rings. The van der Waals surface area contributed by atoms with E-state index in [2.05, 4.69) is 256 Å². The van der Waals surface area contributed by atoms with E-state index < -0.39 is 0 Å². The van der Waals surface area contributed by atoms with Crippen LogP contribution >= 0.6 is 0 Å². The van der Waals surface area contributed by atoms with E-state index in [0.29, 0.717) is 0 Å². The van der Waals surface area contributed by atoms with E-state index in [0.717, 1.165) is 33.8 Å². The van der Waals surface area contributed by atoms with Gasteiger partial charge in [-0.2, -0.15) is 0 Å². The molecule has 0 fully saturated rings. The normalized spacial score (nSPS) is 11.5. The lowest BCUT2D eigenvalue weighted by molar-refractivity contribution is 0.590. The Morgan fingerprint density at radius 3 is 1.43 bits per heavy atom. The Kier molecular flexibility index (Phi) is 9.87. The van der Waals surface area contributed by atoms with Crippen LogP contribution in [0.25, 0.3) is 77.2 Å². The fraction of sp³-hybridized carbons (Fsp3) is 0.0667. The summed E-state index contributed by atoms with van der Waals surface area (Å²) in [6.45, 7) is 6.93. The van der Waals surface area contributed by atoms with Crippen molar-refractivity contribution in [2.75, 3.05) is 4.90 Å². The molecule has 0 aromatic heterocycles. The van der Waals surface area contributed by atoms with Crippen molar-refractivity contribution < 1.29 is 0 Å². The molecule has 0 saturated carbocycles. The molecule has 0 aliphatic carbocycles. The van der Waals surface area contributed by atoms with Crippen LogP contribution in [0.15, 0.2) is 231 Å². The van der Waals surface area contributed by atoms with E-state index in [1.165, 1.54) is 66.1 Å². The van der Waals surface area contributed by atoms with Crippen molar-refractivity contribution in [1.29, 1.82) is 0 Å². The lowest BCUT2D eigenvalue weighted by atomic mass is 9.84. The first kappa shape index (κ1) is 37.8. The lowest BCUT2D eigenvalue weighted by Crippen LogP contribution is -2.17. The summed E-state index contributed by atoms with van der Waals surface area (Å²) in [5.41, 5.74) is 16.3. The van der Waals surface area contributed by atoms with Gasteiger partial charge in [-0.3, -0.25) is 0 Å². The summed E-state index contributed by atoms with van der Waals surface area (Å²) in [5.74, 6) is 0. The van der Waals surface area contributed by atoms with Crippen LogP contribution in [0.1, 0.15) is 26.3 Å². The quantitative estimate of drug-likeness (QED) is 0.148. The minimum atomic E-state index is -0.0948. The van der Waals surface area contributed by atoms with Crippen LogP contribution < -0.4 is 4.90 Å². The SMILES string of the molecule is CC(C)(C)c1ccc(-c2ccccc2)c(N(c2cc(-c3cccc4ccccc34)ccc2-c2ccccc2)c2ccccc2-c2cccc3cccc(-c4ccccc4)c23)c1. The number of para-hydroxylation sites is 1. The summed E-state index contributed by atoms with van der Waals surface area (Å²) in [6, 6.07) is 84.5. The molecule has 0 saturated heterocycles. The van der Waals surface area contributed by atoms with Crippen molar-refractivity contribution in [2.24, 2.45) is 0 Å². The molecule has 0 aliphatic heterocycles. The Bertz CT molecular complexity index is 3150. The van der Waals surface area contributed by atoms with E-state index >= 15 is 0 Å². The summed E-state index contributed by atoms with van der Waals surface area (Å²) in [5, 5.41) is 4.91. The molecule has 0 bridgehead atoms. The van der Waals surface area contributed by atoms with Gasteiger partial charge in [-0.15, -0.1) is 0 Å². The average Bonchev–Trinajstić information content (AvgIpc) is 3.32. The Labute approximate surface area is 359 Å². The number of nitrogens with zero attached hydrogens (tertiary/aromatic N) is 1. The zero-order chi connectivity index (χ0) is 41.3. The molecule has 0 aliphatic rings. The monoisotopic (exact) mass is 781 g/mol. The van der Waals surface area contributed by atoms with Gasteiger partial charge >= 0.3 is 0 Å². The zero-order valence-electron chi connectivity index (χ0n) is 34.9. The number of benzene rings is 10. The minimum absolute atomic E-state index is 0.0948. The van der Waals surface area contributed by atoms with Crippen LogP contribution in [-0.2, 0) is 5.41 Å². The molecule has 0 N–H and O–H groups in total. The molecule has 1 nitrogen and oxygen atoms in total. The first-order valence-corrected chi connectivity index (χ1v) is 21.3. The molecule has 292 valence electrons. The van der Waals surface area contributed by atoms with Gasteiger partial charge in [0.05, 0.1) is 17.1 Å². The van der Waals surface area contributed by atoms with Crippen LogP contribution in [-0.4, -0.2) is 0 Å². The van der Waals surface area contributed by atoms with Gasteiger partial charge in [0.2, 0.25) is 0 Å². The molecule has 10 aromatic carbocycles. The lowest BCUT2D eigenvalue weighted by Gasteiger charge is -2.33. The fourth-order valence-electron chi connectivity index (χ4n) is 8.98. The van der Waals surface area contributed by atoms with E-state index in [-0.39, 0.29) is 5.41 Å². The van der Waals surface area contributed by atoms with Crippen LogP contribution in [0, 0.1) is 0 Å². The zero-order valence-corrected chi connectivity index (χ0v) is 34.9. The third kappa shape index (κ3) is 7.19. The van der Waals surface area contributed by atoms with E-state index in [1.807, 2.05) is 0 Å². The molecule has 0 unspecified atom stereocenters. The van der Waals surface area contributed by atoms with Crippen molar-refractivity contribution in [3.63, 3.8) is 0 Å². The van der Waals surface area contributed by atoms with Gasteiger partial charge in [0, 0.05) is 16.7 Å². The summed E-state index contributed by atoms with van der Waals surface area (Å²) < 4.78 is 0. The maximum atomic E-state index is 2.56. The van der Waals surface area contributed by atoms with Gasteiger partial charge < -0.3 is 4.90 Å². The van der Waals surface area contributed by atoms with Crippen LogP contribution in [0.2, 0.25) is 0 Å². The topological polar surface area (TPSA) is 3.24 Å². The molecule has 0 spiro atoms.